The molecule has 0 bridgehead atoms. The Balaban J connectivity index is 1.33. The Morgan fingerprint density at radius 1 is 0.917 bits per heavy atom. The minimum Gasteiger partial charge on any atom is -0.349 e. The topological polar surface area (TPSA) is 81.8 Å². The minimum atomic E-state index is -0.126. The van der Waals surface area contributed by atoms with Crippen LogP contribution in [0.25, 0.3) is 0 Å². The van der Waals surface area contributed by atoms with Crippen molar-refractivity contribution in [1.82, 2.24) is 15.1 Å². The van der Waals surface area contributed by atoms with Crippen LogP contribution in [0, 0.1) is 0 Å². The third kappa shape index (κ3) is 6.72. The van der Waals surface area contributed by atoms with Gasteiger partial charge in [0.15, 0.2) is 0 Å². The van der Waals surface area contributed by atoms with Crippen molar-refractivity contribution in [3.63, 3.8) is 0 Å². The SMILES string of the molecule is CCCN(CC(=O)Nc1ccccc1C(=O)NC1CCCC1)C1CCN(C(=O)c2ccccc2)CC1. The molecule has 1 aliphatic carbocycles. The van der Waals surface area contributed by atoms with Crippen molar-refractivity contribution in [3.05, 3.63) is 65.7 Å². The molecule has 0 radical (unpaired) electrons. The number of hydrogen-bond acceptors (Lipinski definition) is 4. The average molecular weight is 491 g/mol. The summed E-state index contributed by atoms with van der Waals surface area (Å²) in [5, 5.41) is 6.10. The summed E-state index contributed by atoms with van der Waals surface area (Å²) in [6.45, 7) is 4.56. The molecule has 0 aromatic heterocycles. The fourth-order valence-electron chi connectivity index (χ4n) is 5.37. The molecule has 1 aliphatic heterocycles. The van der Waals surface area contributed by atoms with Gasteiger partial charge in [-0.1, -0.05) is 50.1 Å². The van der Waals surface area contributed by atoms with Crippen LogP contribution >= 0.6 is 0 Å². The lowest BCUT2D eigenvalue weighted by Gasteiger charge is -2.38. The lowest BCUT2D eigenvalue weighted by Crippen LogP contribution is -2.49. The molecule has 2 aliphatic rings. The number of nitrogens with zero attached hydrogens (tertiary/aromatic N) is 2. The number of benzene rings is 2. The van der Waals surface area contributed by atoms with E-state index >= 15 is 0 Å². The van der Waals surface area contributed by atoms with E-state index in [2.05, 4.69) is 22.5 Å². The molecule has 0 unspecified atom stereocenters. The van der Waals surface area contributed by atoms with Crippen LogP contribution in [0.15, 0.2) is 54.6 Å². The second-order valence-corrected chi connectivity index (χ2v) is 9.91. The molecule has 3 amide bonds. The van der Waals surface area contributed by atoms with E-state index in [4.69, 9.17) is 0 Å². The molecule has 1 heterocycles. The van der Waals surface area contributed by atoms with Gasteiger partial charge in [-0.15, -0.1) is 0 Å². The highest BCUT2D eigenvalue weighted by molar-refractivity contribution is 6.04. The molecule has 1 saturated heterocycles. The number of para-hydroxylation sites is 1. The molecule has 2 aromatic carbocycles. The first-order chi connectivity index (χ1) is 17.5. The van der Waals surface area contributed by atoms with Crippen molar-refractivity contribution in [1.29, 1.82) is 0 Å². The van der Waals surface area contributed by atoms with E-state index in [-0.39, 0.29) is 36.3 Å². The smallest absolute Gasteiger partial charge is 0.253 e. The van der Waals surface area contributed by atoms with Gasteiger partial charge in [-0.25, -0.2) is 0 Å². The Labute approximate surface area is 214 Å². The molecule has 7 heteroatoms. The summed E-state index contributed by atoms with van der Waals surface area (Å²) >= 11 is 0. The van der Waals surface area contributed by atoms with E-state index in [0.717, 1.165) is 57.1 Å². The second kappa shape index (κ2) is 12.7. The number of rotatable bonds is 9. The number of piperidine rings is 1. The van der Waals surface area contributed by atoms with Gasteiger partial charge in [0.25, 0.3) is 11.8 Å². The summed E-state index contributed by atoms with van der Waals surface area (Å²) in [6.07, 6.45) is 6.95. The molecular weight excluding hydrogens is 452 g/mol. The Morgan fingerprint density at radius 2 is 1.58 bits per heavy atom. The quantitative estimate of drug-likeness (QED) is 0.549. The highest BCUT2D eigenvalue weighted by Crippen LogP contribution is 2.22. The molecule has 7 nitrogen and oxygen atoms in total. The Hall–Kier alpha value is -3.19. The predicted molar refractivity (Wildman–Crippen MR) is 142 cm³/mol. The van der Waals surface area contributed by atoms with Crippen molar-refractivity contribution < 1.29 is 14.4 Å². The monoisotopic (exact) mass is 490 g/mol. The Kier molecular flexibility index (Phi) is 9.11. The summed E-state index contributed by atoms with van der Waals surface area (Å²) in [5.74, 6) is -0.174. The molecule has 0 atom stereocenters. The van der Waals surface area contributed by atoms with Crippen molar-refractivity contribution in [2.45, 2.75) is 64.0 Å². The van der Waals surface area contributed by atoms with E-state index in [0.29, 0.717) is 24.3 Å². The van der Waals surface area contributed by atoms with Gasteiger partial charge in [-0.3, -0.25) is 19.3 Å². The summed E-state index contributed by atoms with van der Waals surface area (Å²) in [5.41, 5.74) is 1.78. The van der Waals surface area contributed by atoms with Gasteiger partial charge in [-0.2, -0.15) is 0 Å². The summed E-state index contributed by atoms with van der Waals surface area (Å²) in [7, 11) is 0. The normalized spacial score (nSPS) is 16.8. The molecule has 36 heavy (non-hydrogen) atoms. The number of likely N-dealkylation sites (tertiary alicyclic amines) is 1. The van der Waals surface area contributed by atoms with Crippen LogP contribution < -0.4 is 10.6 Å². The average Bonchev–Trinajstić information content (AvgIpc) is 3.42. The number of nitrogens with one attached hydrogen (secondary N) is 2. The lowest BCUT2D eigenvalue weighted by atomic mass is 10.0. The fourth-order valence-corrected chi connectivity index (χ4v) is 5.37. The molecule has 1 saturated carbocycles. The maximum atomic E-state index is 13.1. The van der Waals surface area contributed by atoms with Crippen LogP contribution in [0.1, 0.15) is 72.6 Å². The largest absolute Gasteiger partial charge is 0.349 e. The van der Waals surface area contributed by atoms with Crippen molar-refractivity contribution >= 4 is 23.4 Å². The minimum absolute atomic E-state index is 0.0707. The summed E-state index contributed by atoms with van der Waals surface area (Å²) in [6, 6.07) is 17.1. The van der Waals surface area contributed by atoms with Gasteiger partial charge < -0.3 is 15.5 Å². The first kappa shape index (κ1) is 25.9. The van der Waals surface area contributed by atoms with Gasteiger partial charge in [0, 0.05) is 30.7 Å². The number of carbonyl (C=O) groups excluding carboxylic acids is 3. The highest BCUT2D eigenvalue weighted by atomic mass is 16.2. The maximum Gasteiger partial charge on any atom is 0.253 e. The molecule has 2 aromatic rings. The van der Waals surface area contributed by atoms with E-state index in [1.807, 2.05) is 47.4 Å². The zero-order valence-corrected chi connectivity index (χ0v) is 21.2. The van der Waals surface area contributed by atoms with Gasteiger partial charge in [-0.05, 0) is 62.9 Å². The lowest BCUT2D eigenvalue weighted by molar-refractivity contribution is -0.118. The van der Waals surface area contributed by atoms with Crippen LogP contribution in [-0.2, 0) is 4.79 Å². The van der Waals surface area contributed by atoms with E-state index in [9.17, 15) is 14.4 Å². The summed E-state index contributed by atoms with van der Waals surface area (Å²) in [4.78, 5) is 42.9. The highest BCUT2D eigenvalue weighted by Gasteiger charge is 2.28. The number of carbonyl (C=O) groups is 3. The van der Waals surface area contributed by atoms with Crippen LogP contribution in [0.2, 0.25) is 0 Å². The van der Waals surface area contributed by atoms with Crippen LogP contribution in [0.5, 0.6) is 0 Å². The van der Waals surface area contributed by atoms with Crippen LogP contribution in [0.3, 0.4) is 0 Å². The first-order valence-electron chi connectivity index (χ1n) is 13.3. The van der Waals surface area contributed by atoms with Crippen molar-refractivity contribution in [2.24, 2.45) is 0 Å². The molecule has 192 valence electrons. The standard InChI is InChI=1S/C29H38N4O3/c1-2-18-33(24-16-19-32(20-17-24)29(36)22-10-4-3-5-11-22)21-27(34)31-26-15-9-8-14-25(26)28(35)30-23-12-6-7-13-23/h3-5,8-11,14-15,23-24H,2,6-7,12-13,16-21H2,1H3,(H,30,35)(H,31,34). The van der Waals surface area contributed by atoms with Crippen molar-refractivity contribution in [2.75, 3.05) is 31.5 Å². The first-order valence-corrected chi connectivity index (χ1v) is 13.3. The third-order valence-corrected chi connectivity index (χ3v) is 7.28. The third-order valence-electron chi connectivity index (χ3n) is 7.28. The van der Waals surface area contributed by atoms with Gasteiger partial charge >= 0.3 is 0 Å². The zero-order chi connectivity index (χ0) is 25.3. The number of amides is 3. The van der Waals surface area contributed by atoms with E-state index in [1.54, 1.807) is 12.1 Å². The number of hydrogen-bond donors (Lipinski definition) is 2. The van der Waals surface area contributed by atoms with Gasteiger partial charge in [0.1, 0.15) is 0 Å². The van der Waals surface area contributed by atoms with Gasteiger partial charge in [0.05, 0.1) is 17.8 Å². The van der Waals surface area contributed by atoms with Crippen LogP contribution in [0.4, 0.5) is 5.69 Å². The molecule has 4 rings (SSSR count). The van der Waals surface area contributed by atoms with Crippen LogP contribution in [-0.4, -0.2) is 65.8 Å². The maximum absolute atomic E-state index is 13.1. The van der Waals surface area contributed by atoms with Gasteiger partial charge in [0.2, 0.25) is 5.91 Å². The zero-order valence-electron chi connectivity index (χ0n) is 21.2. The molecule has 2 N–H and O–H groups in total. The van der Waals surface area contributed by atoms with Crippen molar-refractivity contribution in [3.8, 4) is 0 Å². The van der Waals surface area contributed by atoms with E-state index in [1.165, 1.54) is 0 Å². The second-order valence-electron chi connectivity index (χ2n) is 9.91. The van der Waals surface area contributed by atoms with E-state index < -0.39 is 0 Å². The fraction of sp³-hybridized carbons (Fsp3) is 0.483. The molecular formula is C29H38N4O3. The number of anilines is 1. The Bertz CT molecular complexity index is 1030. The molecule has 2 fully saturated rings. The summed E-state index contributed by atoms with van der Waals surface area (Å²) < 4.78 is 0. The predicted octanol–water partition coefficient (Wildman–Crippen LogP) is 4.31. The Morgan fingerprint density at radius 3 is 2.28 bits per heavy atom. The molecule has 0 spiro atoms.